The van der Waals surface area contributed by atoms with Crippen LogP contribution in [0.3, 0.4) is 0 Å². The Morgan fingerprint density at radius 3 is 2.79 bits per heavy atom. The standard InChI is InChI=1S/C14H18N2O3/c17-13(6-5-10-3-1-2-4-10)16-12-9-11(14(18)19)7-8-15-12/h7-10H,1-6H2,(H,18,19)(H,15,16,17). The molecule has 1 aliphatic rings. The van der Waals surface area contributed by atoms with Gasteiger partial charge in [0.15, 0.2) is 0 Å². The summed E-state index contributed by atoms with van der Waals surface area (Å²) in [6.07, 6.45) is 7.76. The topological polar surface area (TPSA) is 79.3 Å². The van der Waals surface area contributed by atoms with Gasteiger partial charge in [-0.1, -0.05) is 25.7 Å². The van der Waals surface area contributed by atoms with Gasteiger partial charge in [0.25, 0.3) is 0 Å². The summed E-state index contributed by atoms with van der Waals surface area (Å²) in [5.74, 6) is -0.147. The molecule has 1 aromatic heterocycles. The highest BCUT2D eigenvalue weighted by atomic mass is 16.4. The zero-order valence-corrected chi connectivity index (χ0v) is 10.8. The summed E-state index contributed by atoms with van der Waals surface area (Å²) in [5, 5.41) is 11.5. The van der Waals surface area contributed by atoms with Gasteiger partial charge in [0.05, 0.1) is 5.56 Å². The monoisotopic (exact) mass is 262 g/mol. The van der Waals surface area contributed by atoms with Crippen LogP contribution in [-0.2, 0) is 4.79 Å². The van der Waals surface area contributed by atoms with Crippen molar-refractivity contribution in [3.8, 4) is 0 Å². The van der Waals surface area contributed by atoms with E-state index in [4.69, 9.17) is 5.11 Å². The predicted octanol–water partition coefficient (Wildman–Crippen LogP) is 2.69. The molecule has 0 saturated heterocycles. The highest BCUT2D eigenvalue weighted by molar-refractivity contribution is 5.92. The van der Waals surface area contributed by atoms with Gasteiger partial charge in [0.1, 0.15) is 5.82 Å². The number of hydrogen-bond acceptors (Lipinski definition) is 3. The van der Waals surface area contributed by atoms with E-state index in [-0.39, 0.29) is 11.5 Å². The Balaban J connectivity index is 1.84. The van der Waals surface area contributed by atoms with Crippen LogP contribution in [0.25, 0.3) is 0 Å². The SMILES string of the molecule is O=C(CCC1CCCC1)Nc1cc(C(=O)O)ccn1. The summed E-state index contributed by atoms with van der Waals surface area (Å²) in [6, 6.07) is 2.77. The second-order valence-corrected chi connectivity index (χ2v) is 4.97. The molecular weight excluding hydrogens is 244 g/mol. The second-order valence-electron chi connectivity index (χ2n) is 4.97. The molecular formula is C14H18N2O3. The largest absolute Gasteiger partial charge is 0.478 e. The van der Waals surface area contributed by atoms with Crippen LogP contribution in [0.2, 0.25) is 0 Å². The normalized spacial score (nSPS) is 15.4. The van der Waals surface area contributed by atoms with Crippen LogP contribution in [0.1, 0.15) is 48.9 Å². The maximum absolute atomic E-state index is 11.8. The molecule has 5 nitrogen and oxygen atoms in total. The molecule has 1 saturated carbocycles. The van der Waals surface area contributed by atoms with Crippen LogP contribution in [0.5, 0.6) is 0 Å². The molecule has 0 aromatic carbocycles. The van der Waals surface area contributed by atoms with Crippen LogP contribution < -0.4 is 5.32 Å². The van der Waals surface area contributed by atoms with Crippen molar-refractivity contribution in [1.29, 1.82) is 0 Å². The molecule has 0 unspecified atom stereocenters. The first-order valence-corrected chi connectivity index (χ1v) is 6.64. The molecule has 0 bridgehead atoms. The van der Waals surface area contributed by atoms with Crippen molar-refractivity contribution in [3.05, 3.63) is 23.9 Å². The van der Waals surface area contributed by atoms with E-state index in [0.29, 0.717) is 18.2 Å². The summed E-state index contributed by atoms with van der Waals surface area (Å²) >= 11 is 0. The number of carboxylic acids is 1. The molecule has 1 fully saturated rings. The molecule has 1 aliphatic carbocycles. The Morgan fingerprint density at radius 2 is 2.11 bits per heavy atom. The molecule has 102 valence electrons. The number of aromatic carboxylic acids is 1. The van der Waals surface area contributed by atoms with Gasteiger partial charge in [-0.3, -0.25) is 4.79 Å². The van der Waals surface area contributed by atoms with E-state index in [1.165, 1.54) is 44.0 Å². The second kappa shape index (κ2) is 6.31. The molecule has 0 radical (unpaired) electrons. The van der Waals surface area contributed by atoms with Gasteiger partial charge < -0.3 is 10.4 Å². The van der Waals surface area contributed by atoms with Crippen molar-refractivity contribution < 1.29 is 14.7 Å². The van der Waals surface area contributed by atoms with E-state index in [2.05, 4.69) is 10.3 Å². The summed E-state index contributed by atoms with van der Waals surface area (Å²) < 4.78 is 0. The van der Waals surface area contributed by atoms with Crippen molar-refractivity contribution >= 4 is 17.7 Å². The number of carbonyl (C=O) groups is 2. The molecule has 2 N–H and O–H groups in total. The van der Waals surface area contributed by atoms with E-state index < -0.39 is 5.97 Å². The Hall–Kier alpha value is -1.91. The van der Waals surface area contributed by atoms with Gasteiger partial charge in [-0.2, -0.15) is 0 Å². The van der Waals surface area contributed by atoms with Crippen molar-refractivity contribution in [2.45, 2.75) is 38.5 Å². The number of anilines is 1. The highest BCUT2D eigenvalue weighted by Crippen LogP contribution is 2.28. The summed E-state index contributed by atoms with van der Waals surface area (Å²) in [6.45, 7) is 0. The summed E-state index contributed by atoms with van der Waals surface area (Å²) in [7, 11) is 0. The Labute approximate surface area is 112 Å². The van der Waals surface area contributed by atoms with E-state index >= 15 is 0 Å². The van der Waals surface area contributed by atoms with E-state index in [0.717, 1.165) is 6.42 Å². The first-order chi connectivity index (χ1) is 9.15. The Kier molecular flexibility index (Phi) is 4.49. The maximum atomic E-state index is 11.8. The lowest BCUT2D eigenvalue weighted by atomic mass is 10.0. The predicted molar refractivity (Wildman–Crippen MR) is 71.0 cm³/mol. The number of carboxylic acid groups (broad SMARTS) is 1. The van der Waals surface area contributed by atoms with Crippen molar-refractivity contribution in [3.63, 3.8) is 0 Å². The van der Waals surface area contributed by atoms with Gasteiger partial charge in [0.2, 0.25) is 5.91 Å². The van der Waals surface area contributed by atoms with Gasteiger partial charge in [-0.25, -0.2) is 9.78 Å². The third-order valence-electron chi connectivity index (χ3n) is 3.53. The fraction of sp³-hybridized carbons (Fsp3) is 0.500. The number of hydrogen-bond donors (Lipinski definition) is 2. The Bertz CT molecular complexity index is 468. The summed E-state index contributed by atoms with van der Waals surface area (Å²) in [4.78, 5) is 26.5. The molecule has 5 heteroatoms. The van der Waals surface area contributed by atoms with Crippen LogP contribution in [0.15, 0.2) is 18.3 Å². The molecule has 0 aliphatic heterocycles. The maximum Gasteiger partial charge on any atom is 0.335 e. The fourth-order valence-electron chi connectivity index (χ4n) is 2.47. The van der Waals surface area contributed by atoms with Crippen LogP contribution in [-0.4, -0.2) is 22.0 Å². The molecule has 1 amide bonds. The zero-order chi connectivity index (χ0) is 13.7. The van der Waals surface area contributed by atoms with E-state index in [9.17, 15) is 9.59 Å². The third-order valence-corrected chi connectivity index (χ3v) is 3.53. The third kappa shape index (κ3) is 4.05. The number of aromatic nitrogens is 1. The fourth-order valence-corrected chi connectivity index (χ4v) is 2.47. The first kappa shape index (κ1) is 13.5. The van der Waals surface area contributed by atoms with Crippen LogP contribution in [0, 0.1) is 5.92 Å². The van der Waals surface area contributed by atoms with Crippen LogP contribution >= 0.6 is 0 Å². The average Bonchev–Trinajstić information content (AvgIpc) is 2.90. The average molecular weight is 262 g/mol. The lowest BCUT2D eigenvalue weighted by Crippen LogP contribution is -2.14. The lowest BCUT2D eigenvalue weighted by Gasteiger charge is -2.08. The highest BCUT2D eigenvalue weighted by Gasteiger charge is 2.16. The first-order valence-electron chi connectivity index (χ1n) is 6.64. The number of nitrogens with one attached hydrogen (secondary N) is 1. The number of pyridine rings is 1. The van der Waals surface area contributed by atoms with Crippen LogP contribution in [0.4, 0.5) is 5.82 Å². The minimum absolute atomic E-state index is 0.0954. The summed E-state index contributed by atoms with van der Waals surface area (Å²) in [5.41, 5.74) is 0.126. The van der Waals surface area contributed by atoms with Gasteiger partial charge >= 0.3 is 5.97 Å². The van der Waals surface area contributed by atoms with Gasteiger partial charge in [0, 0.05) is 12.6 Å². The minimum Gasteiger partial charge on any atom is -0.478 e. The van der Waals surface area contributed by atoms with Gasteiger partial charge in [-0.05, 0) is 24.5 Å². The molecule has 2 rings (SSSR count). The van der Waals surface area contributed by atoms with E-state index in [1.54, 1.807) is 0 Å². The molecule has 1 aromatic rings. The van der Waals surface area contributed by atoms with Crippen molar-refractivity contribution in [1.82, 2.24) is 4.98 Å². The zero-order valence-electron chi connectivity index (χ0n) is 10.8. The number of carbonyl (C=O) groups excluding carboxylic acids is 1. The minimum atomic E-state index is -1.02. The Morgan fingerprint density at radius 1 is 1.37 bits per heavy atom. The number of rotatable bonds is 5. The quantitative estimate of drug-likeness (QED) is 0.855. The van der Waals surface area contributed by atoms with Crippen molar-refractivity contribution in [2.75, 3.05) is 5.32 Å². The van der Waals surface area contributed by atoms with Gasteiger partial charge in [-0.15, -0.1) is 0 Å². The molecule has 0 spiro atoms. The molecule has 19 heavy (non-hydrogen) atoms. The number of amides is 1. The van der Waals surface area contributed by atoms with Crippen molar-refractivity contribution in [2.24, 2.45) is 5.92 Å². The van der Waals surface area contributed by atoms with E-state index in [1.807, 2.05) is 0 Å². The lowest BCUT2D eigenvalue weighted by molar-refractivity contribution is -0.116. The number of nitrogens with zero attached hydrogens (tertiary/aromatic N) is 1. The smallest absolute Gasteiger partial charge is 0.335 e. The molecule has 0 atom stereocenters. The molecule has 1 heterocycles.